The molecule has 2 heterocycles. The van der Waals surface area contributed by atoms with Crippen molar-refractivity contribution < 1.29 is 4.79 Å². The Morgan fingerprint density at radius 3 is 2.85 bits per heavy atom. The Balaban J connectivity index is 2.33. The Kier molecular flexibility index (Phi) is 4.81. The third-order valence-corrected chi connectivity index (χ3v) is 3.78. The molecule has 1 aliphatic heterocycles. The molecular weight excluding hydrogens is 252 g/mol. The van der Waals surface area contributed by atoms with Crippen LogP contribution in [0.15, 0.2) is 0 Å². The van der Waals surface area contributed by atoms with Crippen molar-refractivity contribution in [2.45, 2.75) is 59.0 Å². The summed E-state index contributed by atoms with van der Waals surface area (Å²) in [5.41, 5.74) is 2.33. The van der Waals surface area contributed by atoms with Crippen LogP contribution in [0.25, 0.3) is 0 Å². The van der Waals surface area contributed by atoms with Gasteiger partial charge in [-0.2, -0.15) is 0 Å². The number of fused-ring (bicyclic) bond motifs is 1. The topological polar surface area (TPSA) is 59.0 Å². The Hall–Kier alpha value is -1.36. The molecule has 1 atom stereocenters. The van der Waals surface area contributed by atoms with E-state index in [0.717, 1.165) is 44.0 Å². The Labute approximate surface area is 121 Å². The second kappa shape index (κ2) is 6.39. The number of nitrogens with one attached hydrogen (secondary N) is 2. The van der Waals surface area contributed by atoms with E-state index in [1.54, 1.807) is 0 Å². The van der Waals surface area contributed by atoms with Crippen molar-refractivity contribution in [1.82, 2.24) is 20.2 Å². The Bertz CT molecular complexity index is 478. The zero-order chi connectivity index (χ0) is 14.7. The fourth-order valence-corrected chi connectivity index (χ4v) is 2.71. The molecule has 1 amide bonds. The molecule has 0 aromatic carbocycles. The van der Waals surface area contributed by atoms with Gasteiger partial charge in [0.05, 0.1) is 5.69 Å². The number of rotatable bonds is 5. The summed E-state index contributed by atoms with van der Waals surface area (Å²) in [6, 6.07) is -0.187. The normalized spacial score (nSPS) is 16.1. The highest BCUT2D eigenvalue weighted by molar-refractivity contribution is 5.80. The van der Waals surface area contributed by atoms with E-state index in [0.29, 0.717) is 5.92 Å². The van der Waals surface area contributed by atoms with Gasteiger partial charge in [-0.15, -0.1) is 0 Å². The zero-order valence-electron chi connectivity index (χ0n) is 13.0. The first-order chi connectivity index (χ1) is 9.56. The predicted molar refractivity (Wildman–Crippen MR) is 79.7 cm³/mol. The van der Waals surface area contributed by atoms with E-state index in [4.69, 9.17) is 4.98 Å². The van der Waals surface area contributed by atoms with Gasteiger partial charge in [-0.05, 0) is 13.3 Å². The van der Waals surface area contributed by atoms with Crippen molar-refractivity contribution >= 4 is 5.91 Å². The van der Waals surface area contributed by atoms with Gasteiger partial charge in [0, 0.05) is 37.7 Å². The maximum absolute atomic E-state index is 12.3. The molecule has 1 aliphatic rings. The molecule has 0 aliphatic carbocycles. The van der Waals surface area contributed by atoms with Gasteiger partial charge in [-0.1, -0.05) is 20.8 Å². The van der Waals surface area contributed by atoms with E-state index < -0.39 is 0 Å². The number of amides is 1. The van der Waals surface area contributed by atoms with Gasteiger partial charge in [-0.3, -0.25) is 4.79 Å². The minimum absolute atomic E-state index is 0.0903. The molecule has 2 rings (SSSR count). The average Bonchev–Trinajstić information content (AvgIpc) is 2.83. The largest absolute Gasteiger partial charge is 0.354 e. The summed E-state index contributed by atoms with van der Waals surface area (Å²) in [5.74, 6) is 1.44. The summed E-state index contributed by atoms with van der Waals surface area (Å²) in [6.45, 7) is 10.8. The van der Waals surface area contributed by atoms with Crippen LogP contribution >= 0.6 is 0 Å². The number of carbonyl (C=O) groups is 1. The summed E-state index contributed by atoms with van der Waals surface area (Å²) in [6.07, 6.45) is 1.90. The average molecular weight is 278 g/mol. The third-order valence-electron chi connectivity index (χ3n) is 3.78. The summed E-state index contributed by atoms with van der Waals surface area (Å²) in [5, 5.41) is 6.34. The Morgan fingerprint density at radius 1 is 1.45 bits per heavy atom. The van der Waals surface area contributed by atoms with Crippen molar-refractivity contribution in [3.8, 4) is 0 Å². The molecule has 1 unspecified atom stereocenters. The molecule has 0 saturated heterocycles. The van der Waals surface area contributed by atoms with Crippen LogP contribution < -0.4 is 10.6 Å². The van der Waals surface area contributed by atoms with E-state index in [9.17, 15) is 4.79 Å². The van der Waals surface area contributed by atoms with Gasteiger partial charge in [-0.25, -0.2) is 4.98 Å². The predicted octanol–water partition coefficient (Wildman–Crippen LogP) is 1.74. The van der Waals surface area contributed by atoms with E-state index >= 15 is 0 Å². The highest BCUT2D eigenvalue weighted by Crippen LogP contribution is 2.25. The number of hydrogen-bond acceptors (Lipinski definition) is 3. The molecule has 0 radical (unpaired) electrons. The van der Waals surface area contributed by atoms with Gasteiger partial charge in [0.25, 0.3) is 0 Å². The van der Waals surface area contributed by atoms with Crippen molar-refractivity contribution in [1.29, 1.82) is 0 Å². The monoisotopic (exact) mass is 278 g/mol. The molecule has 5 heteroatoms. The lowest BCUT2D eigenvalue weighted by atomic mass is 10.1. The molecule has 20 heavy (non-hydrogen) atoms. The van der Waals surface area contributed by atoms with Crippen LogP contribution in [0.4, 0.5) is 0 Å². The van der Waals surface area contributed by atoms with Crippen molar-refractivity contribution in [3.05, 3.63) is 17.2 Å². The lowest BCUT2D eigenvalue weighted by Gasteiger charge is -2.22. The number of carbonyl (C=O) groups excluding carboxylic acids is 1. The van der Waals surface area contributed by atoms with Crippen molar-refractivity contribution in [2.24, 2.45) is 0 Å². The van der Waals surface area contributed by atoms with Gasteiger partial charge < -0.3 is 15.2 Å². The van der Waals surface area contributed by atoms with Gasteiger partial charge in [0.15, 0.2) is 0 Å². The molecule has 2 N–H and O–H groups in total. The van der Waals surface area contributed by atoms with E-state index in [2.05, 4.69) is 36.0 Å². The van der Waals surface area contributed by atoms with Crippen LogP contribution in [-0.2, 0) is 17.8 Å². The Morgan fingerprint density at radius 2 is 2.20 bits per heavy atom. The highest BCUT2D eigenvalue weighted by atomic mass is 16.2. The van der Waals surface area contributed by atoms with E-state index in [1.165, 1.54) is 5.69 Å². The number of imidazole rings is 1. The minimum atomic E-state index is -0.187. The van der Waals surface area contributed by atoms with Crippen molar-refractivity contribution in [2.75, 3.05) is 13.1 Å². The van der Waals surface area contributed by atoms with Crippen molar-refractivity contribution in [3.63, 3.8) is 0 Å². The maximum atomic E-state index is 12.3. The fraction of sp³-hybridized carbons (Fsp3) is 0.733. The minimum Gasteiger partial charge on any atom is -0.354 e. The smallest absolute Gasteiger partial charge is 0.242 e. The first-order valence-electron chi connectivity index (χ1n) is 7.64. The quantitative estimate of drug-likeness (QED) is 0.862. The van der Waals surface area contributed by atoms with E-state index in [-0.39, 0.29) is 11.9 Å². The molecule has 112 valence electrons. The summed E-state index contributed by atoms with van der Waals surface area (Å²) >= 11 is 0. The van der Waals surface area contributed by atoms with Gasteiger partial charge in [0.1, 0.15) is 11.9 Å². The first kappa shape index (κ1) is 15.0. The number of hydrogen-bond donors (Lipinski definition) is 2. The molecule has 1 aromatic rings. The second-order valence-corrected chi connectivity index (χ2v) is 5.78. The van der Waals surface area contributed by atoms with Crippen LogP contribution in [0.1, 0.15) is 63.3 Å². The molecule has 0 bridgehead atoms. The molecule has 0 spiro atoms. The van der Waals surface area contributed by atoms with E-state index in [1.807, 2.05) is 6.92 Å². The van der Waals surface area contributed by atoms with Crippen LogP contribution in [0.2, 0.25) is 0 Å². The lowest BCUT2D eigenvalue weighted by molar-refractivity contribution is -0.123. The number of nitrogens with zero attached hydrogens (tertiary/aromatic N) is 2. The lowest BCUT2D eigenvalue weighted by Crippen LogP contribution is -2.34. The first-order valence-corrected chi connectivity index (χ1v) is 7.64. The molecule has 5 nitrogen and oxygen atoms in total. The molecular formula is C15H26N4O. The number of aromatic nitrogens is 2. The summed E-state index contributed by atoms with van der Waals surface area (Å²) < 4.78 is 2.16. The standard InChI is InChI=1S/C15H26N4O/c1-5-7-17-15(20)11(4)19-13-6-8-16-9-12(13)18-14(19)10(2)3/h10-11,16H,5-9H2,1-4H3,(H,17,20). The molecule has 0 fully saturated rings. The second-order valence-electron chi connectivity index (χ2n) is 5.78. The van der Waals surface area contributed by atoms with Gasteiger partial charge >= 0.3 is 0 Å². The third kappa shape index (κ3) is 2.87. The highest BCUT2D eigenvalue weighted by Gasteiger charge is 2.27. The maximum Gasteiger partial charge on any atom is 0.242 e. The summed E-state index contributed by atoms with van der Waals surface area (Å²) in [4.78, 5) is 17.0. The molecule has 0 saturated carbocycles. The van der Waals surface area contributed by atoms with Crippen LogP contribution in [0.3, 0.4) is 0 Å². The SMILES string of the molecule is CCCNC(=O)C(C)n1c(C(C)C)nc2c1CCNC2. The summed E-state index contributed by atoms with van der Waals surface area (Å²) in [7, 11) is 0. The van der Waals surface area contributed by atoms with Crippen LogP contribution in [0.5, 0.6) is 0 Å². The van der Waals surface area contributed by atoms with Gasteiger partial charge in [0.2, 0.25) is 5.91 Å². The molecule has 1 aromatic heterocycles. The van der Waals surface area contributed by atoms with Crippen LogP contribution in [0, 0.1) is 0 Å². The zero-order valence-corrected chi connectivity index (χ0v) is 13.0. The fourth-order valence-electron chi connectivity index (χ4n) is 2.71. The van der Waals surface area contributed by atoms with Crippen LogP contribution in [-0.4, -0.2) is 28.5 Å².